The lowest BCUT2D eigenvalue weighted by molar-refractivity contribution is -0.123. The third kappa shape index (κ3) is 50.6. The molecule has 9 N–H and O–H groups in total. The van der Waals surface area contributed by atoms with Gasteiger partial charge in [0.25, 0.3) is 5.91 Å². The number of urea groups is 1. The van der Waals surface area contributed by atoms with E-state index in [2.05, 4.69) is 129 Å². The van der Waals surface area contributed by atoms with Crippen LogP contribution in [0.15, 0.2) is 218 Å². The van der Waals surface area contributed by atoms with E-state index in [1.807, 2.05) is 199 Å². The maximum absolute atomic E-state index is 11.8. The normalized spacial score (nSPS) is 10.3. The molecule has 0 aromatic heterocycles. The monoisotopic (exact) mass is 1810 g/mol. The molecule has 674 valence electrons. The number of hydrogen-bond acceptors (Lipinski definition) is 15. The van der Waals surface area contributed by atoms with Gasteiger partial charge in [0.1, 0.15) is 5.75 Å². The number of hydrogen-bond donors (Lipinski definition) is 9. The summed E-state index contributed by atoms with van der Waals surface area (Å²) in [6.45, 7) is 27.8. The minimum Gasteiger partial charge on any atom is -0.497 e. The third-order valence-corrected chi connectivity index (χ3v) is 19.9. The van der Waals surface area contributed by atoms with Gasteiger partial charge in [-0.3, -0.25) is 33.4 Å². The highest BCUT2D eigenvalue weighted by atomic mass is 32.2. The van der Waals surface area contributed by atoms with Crippen LogP contribution in [-0.2, 0) is 44.2 Å². The SMILES string of the molecule is CC#Cc1ccc(NC=O)cc1.CC#Cc1cccc(N2CCNC2=O)c1.CC#Cc1cccc(NC(=O)C(C)(C)C)c1.CC#Cc1cccc(NP(C)(C)=O)c1.CC#Cc1cccc(NS(=O)(=O)C(C)C)c1.CC#Cc1cccc(NS(=O)(=O)CC)c1.CC#Cc1cccc(NS(C)(=O)=O)c1.CN(C)C.CNC(=O)c1ccc(C#N)cc1.CNc1ccc(OC)cc1. The Labute approximate surface area is 761 Å². The van der Waals surface area contributed by atoms with Crippen LogP contribution in [0.4, 0.5) is 50.3 Å². The lowest BCUT2D eigenvalue weighted by Gasteiger charge is -2.17. The number of nitrogens with zero attached hydrogens (tertiary/aromatic N) is 3. The van der Waals surface area contributed by atoms with Crippen molar-refractivity contribution in [2.24, 2.45) is 5.41 Å². The molecule has 9 aromatic rings. The summed E-state index contributed by atoms with van der Waals surface area (Å²) in [4.78, 5) is 48.0. The van der Waals surface area contributed by atoms with E-state index in [1.54, 1.807) is 180 Å². The molecule has 24 nitrogen and oxygen atoms in total. The van der Waals surface area contributed by atoms with Gasteiger partial charge in [0, 0.05) is 136 Å². The predicted molar refractivity (Wildman–Crippen MR) is 530 cm³/mol. The van der Waals surface area contributed by atoms with Gasteiger partial charge in [0.05, 0.1) is 36.0 Å². The first-order chi connectivity index (χ1) is 60.5. The molecule has 0 bridgehead atoms. The maximum Gasteiger partial charge on any atom is 0.321 e. The summed E-state index contributed by atoms with van der Waals surface area (Å²) >= 11 is 0. The zero-order valence-electron chi connectivity index (χ0n) is 77.0. The summed E-state index contributed by atoms with van der Waals surface area (Å²) in [5.74, 6) is 40.8. The van der Waals surface area contributed by atoms with Gasteiger partial charge >= 0.3 is 6.03 Å². The molecule has 28 heteroatoms. The Kier molecular flexibility index (Phi) is 52.9. The number of amides is 5. The van der Waals surface area contributed by atoms with E-state index >= 15 is 0 Å². The van der Waals surface area contributed by atoms with Gasteiger partial charge in [-0.05, 0) is 272 Å². The van der Waals surface area contributed by atoms with Crippen molar-refractivity contribution < 1.29 is 53.7 Å². The van der Waals surface area contributed by atoms with Gasteiger partial charge < -0.3 is 45.9 Å². The Bertz CT molecular complexity index is 5980. The molecule has 0 saturated carbocycles. The second-order valence-electron chi connectivity index (χ2n) is 28.6. The van der Waals surface area contributed by atoms with Gasteiger partial charge in [-0.15, -0.1) is 41.4 Å². The molecule has 1 saturated heterocycles. The molecule has 1 fully saturated rings. The van der Waals surface area contributed by atoms with Crippen molar-refractivity contribution >= 4 is 107 Å². The van der Waals surface area contributed by atoms with Gasteiger partial charge in [-0.25, -0.2) is 30.0 Å². The van der Waals surface area contributed by atoms with Crippen molar-refractivity contribution in [1.82, 2.24) is 15.5 Å². The van der Waals surface area contributed by atoms with E-state index in [4.69, 9.17) is 10.00 Å². The zero-order chi connectivity index (χ0) is 96.3. The quantitative estimate of drug-likeness (QED) is 0.0232. The fraction of sp³-hybridized carbons (Fsp3) is 0.270. The molecule has 0 radical (unpaired) electrons. The van der Waals surface area contributed by atoms with E-state index in [1.165, 1.54) is 0 Å². The van der Waals surface area contributed by atoms with Crippen LogP contribution in [0, 0.1) is 99.6 Å². The molecule has 128 heavy (non-hydrogen) atoms. The number of sulfonamides is 3. The molecule has 0 unspecified atom stereocenters. The Morgan fingerprint density at radius 3 is 1.27 bits per heavy atom. The highest BCUT2D eigenvalue weighted by Gasteiger charge is 2.22. The lowest BCUT2D eigenvalue weighted by atomic mass is 9.95. The Hall–Kier alpha value is -14.1. The number of ether oxygens (including phenoxy) is 1. The molecule has 5 amide bonds. The largest absolute Gasteiger partial charge is 0.497 e. The molecular formula is C100H119N12O12PS3. The third-order valence-electron chi connectivity index (χ3n) is 15.4. The van der Waals surface area contributed by atoms with E-state index in [0.717, 1.165) is 85.9 Å². The van der Waals surface area contributed by atoms with Gasteiger partial charge in [0.15, 0.2) is 7.29 Å². The van der Waals surface area contributed by atoms with Crippen LogP contribution in [0.2, 0.25) is 0 Å². The standard InChI is InChI=1S/C14H17NO.C12H12N2O.C12H15NO2S.C11H13NO2S.C11H14NOP.C10H11NO2S.C10H9NO.C9H8N2O.C8H11NO.C3H9N/c1-5-7-11-8-6-9-12(10-11)15-13(16)14(2,3)4;1-2-4-10-5-3-6-11(9-10)14-8-7-13-12(14)15;1-4-6-11-7-5-8-12(9-11)13-16(14,15)10(2)3;1-3-6-10-7-5-8-11(9-10)12-15(13,14)4-2;1-4-6-10-7-5-8-11(9-10)12-14(2,3)13;1-3-5-9-6-4-7-10(8-9)11-14(2,12)13;1-2-3-9-4-6-10(7-5-9)11-8-12;1-11-9(12)8-4-2-7(6-10)3-5-8;1-9-7-3-5-8(10-2)6-4-7;1-4(2)3/h6,8-10H,1-4H3,(H,15,16);3,5-6,9H,7-8H2,1H3,(H,13,15);5,7-10,13H,1-3H3;5,7-9,12H,4H2,1-2H3;5,7-9H,1-3H3,(H,12,13);4,6-8,11H,1-2H3;4-8H,1H3,(H,11,12);2-5H,1H3,(H,11,12);3-6,9H,1-2H3;1-3H3. The molecule has 0 atom stereocenters. The molecule has 1 aliphatic rings. The van der Waals surface area contributed by atoms with E-state index in [0.29, 0.717) is 41.1 Å². The molecular weight excluding hydrogens is 1690 g/mol. The van der Waals surface area contributed by atoms with Crippen LogP contribution in [0.5, 0.6) is 5.75 Å². The van der Waals surface area contributed by atoms with Crippen LogP contribution in [-0.4, -0.2) is 140 Å². The van der Waals surface area contributed by atoms with Crippen LogP contribution in [0.1, 0.15) is 145 Å². The van der Waals surface area contributed by atoms with Crippen LogP contribution < -0.4 is 55.5 Å². The molecule has 1 aliphatic heterocycles. The predicted octanol–water partition coefficient (Wildman–Crippen LogP) is 17.6. The second kappa shape index (κ2) is 60.5. The lowest BCUT2D eigenvalue weighted by Crippen LogP contribution is -2.27. The summed E-state index contributed by atoms with van der Waals surface area (Å²) < 4.78 is 91.5. The average molecular weight is 1810 g/mol. The Morgan fingerprint density at radius 1 is 0.531 bits per heavy atom. The van der Waals surface area contributed by atoms with E-state index < -0.39 is 42.6 Å². The maximum atomic E-state index is 11.8. The first-order valence-electron chi connectivity index (χ1n) is 39.8. The van der Waals surface area contributed by atoms with Gasteiger partial charge in [0.2, 0.25) is 42.4 Å². The van der Waals surface area contributed by atoms with Gasteiger partial charge in [-0.1, -0.05) is 98.6 Å². The number of rotatable bonds is 17. The number of anilines is 8. The number of methoxy groups -OCH3 is 1. The summed E-state index contributed by atoms with van der Waals surface area (Å²) in [6.07, 6.45) is 1.77. The topological polar surface area (TPSA) is 336 Å². The highest BCUT2D eigenvalue weighted by molar-refractivity contribution is 7.93. The number of benzene rings is 9. The van der Waals surface area contributed by atoms with Crippen molar-refractivity contribution in [3.05, 3.63) is 268 Å². The number of nitriles is 1. The van der Waals surface area contributed by atoms with E-state index in [-0.39, 0.29) is 29.0 Å². The smallest absolute Gasteiger partial charge is 0.321 e. The first-order valence-corrected chi connectivity index (χ1v) is 47.5. The summed E-state index contributed by atoms with van der Waals surface area (Å²) in [6, 6.07) is 67.5. The van der Waals surface area contributed by atoms with Crippen molar-refractivity contribution in [2.45, 2.75) is 95.3 Å². The fourth-order valence-electron chi connectivity index (χ4n) is 9.50. The van der Waals surface area contributed by atoms with Gasteiger partial charge in [-0.2, -0.15) is 5.26 Å². The van der Waals surface area contributed by atoms with Crippen LogP contribution in [0.3, 0.4) is 0 Å². The van der Waals surface area contributed by atoms with Crippen molar-refractivity contribution in [2.75, 3.05) is 121 Å². The summed E-state index contributed by atoms with van der Waals surface area (Å²) in [7, 11) is -0.793. The van der Waals surface area contributed by atoms with Crippen molar-refractivity contribution in [3.63, 3.8) is 0 Å². The molecule has 1 heterocycles. The fourth-order valence-corrected chi connectivity index (χ4v) is 12.1. The Balaban J connectivity index is 0.000000718. The van der Waals surface area contributed by atoms with Crippen LogP contribution >= 0.6 is 7.29 Å². The molecule has 9 aromatic carbocycles. The summed E-state index contributed by atoms with van der Waals surface area (Å²) in [5, 5.41) is 24.7. The Morgan fingerprint density at radius 2 is 0.906 bits per heavy atom. The summed E-state index contributed by atoms with van der Waals surface area (Å²) in [5.41, 5.74) is 13.0. The average Bonchev–Trinajstić information content (AvgIpc) is 1.58. The number of carbonyl (C=O) groups is 4. The van der Waals surface area contributed by atoms with Crippen molar-refractivity contribution in [1.29, 1.82) is 5.26 Å². The molecule has 0 aliphatic carbocycles. The number of nitrogens with one attached hydrogen (secondary N) is 9. The number of carbonyl (C=O) groups excluding carboxylic acids is 4. The van der Waals surface area contributed by atoms with Crippen LogP contribution in [0.25, 0.3) is 0 Å². The molecule has 0 spiro atoms. The zero-order valence-corrected chi connectivity index (χ0v) is 80.3. The van der Waals surface area contributed by atoms with Crippen molar-refractivity contribution in [3.8, 4) is 94.7 Å². The second-order valence-corrected chi connectivity index (χ2v) is 37.6. The first kappa shape index (κ1) is 112. The van der Waals surface area contributed by atoms with E-state index in [9.17, 15) is 49.0 Å². The minimum atomic E-state index is -3.28. The highest BCUT2D eigenvalue weighted by Crippen LogP contribution is 2.36. The molecule has 10 rings (SSSR count). The minimum absolute atomic E-state index is 0.00843.